The zero-order valence-electron chi connectivity index (χ0n) is 11.2. The quantitative estimate of drug-likeness (QED) is 0.757. The average Bonchev–Trinajstić information content (AvgIpc) is 2.23. The minimum Gasteiger partial charge on any atom is -0.382 e. The predicted octanol–water partition coefficient (Wildman–Crippen LogP) is 2.21. The van der Waals surface area contributed by atoms with Crippen LogP contribution in [0.25, 0.3) is 0 Å². The summed E-state index contributed by atoms with van der Waals surface area (Å²) in [6.45, 7) is 6.29. The Morgan fingerprint density at radius 3 is 2.69 bits per heavy atom. The van der Waals surface area contributed by atoms with Gasteiger partial charge in [-0.25, -0.2) is 0 Å². The molecule has 0 aliphatic heterocycles. The van der Waals surface area contributed by atoms with E-state index in [1.165, 1.54) is 25.7 Å². The van der Waals surface area contributed by atoms with Crippen LogP contribution >= 0.6 is 0 Å². The number of ether oxygens (including phenoxy) is 2. The number of methoxy groups -OCH3 is 2. The van der Waals surface area contributed by atoms with E-state index >= 15 is 0 Å². The van der Waals surface area contributed by atoms with Crippen LogP contribution < -0.4 is 5.32 Å². The first-order chi connectivity index (χ1) is 7.57. The van der Waals surface area contributed by atoms with Crippen molar-refractivity contribution in [2.75, 3.05) is 27.4 Å². The van der Waals surface area contributed by atoms with Crippen LogP contribution in [0.3, 0.4) is 0 Å². The largest absolute Gasteiger partial charge is 0.382 e. The van der Waals surface area contributed by atoms with Gasteiger partial charge in [0.15, 0.2) is 0 Å². The Morgan fingerprint density at radius 2 is 2.12 bits per heavy atom. The molecule has 96 valence electrons. The van der Waals surface area contributed by atoms with E-state index < -0.39 is 0 Å². The van der Waals surface area contributed by atoms with Crippen molar-refractivity contribution in [3.8, 4) is 0 Å². The number of nitrogens with one attached hydrogen (secondary N) is 1. The fourth-order valence-corrected chi connectivity index (χ4v) is 2.57. The molecule has 1 aliphatic carbocycles. The molecule has 0 amide bonds. The molecule has 1 rings (SSSR count). The Morgan fingerprint density at radius 1 is 1.38 bits per heavy atom. The van der Waals surface area contributed by atoms with Gasteiger partial charge in [-0.2, -0.15) is 0 Å². The van der Waals surface area contributed by atoms with Gasteiger partial charge in [0, 0.05) is 26.8 Å². The Bertz CT molecular complexity index is 194. The van der Waals surface area contributed by atoms with Crippen molar-refractivity contribution in [3.63, 3.8) is 0 Å². The predicted molar refractivity (Wildman–Crippen MR) is 66.7 cm³/mol. The summed E-state index contributed by atoms with van der Waals surface area (Å²) in [6.07, 6.45) is 5.45. The van der Waals surface area contributed by atoms with Crippen molar-refractivity contribution in [3.05, 3.63) is 0 Å². The molecule has 1 saturated carbocycles. The second-order valence-electron chi connectivity index (χ2n) is 5.68. The van der Waals surface area contributed by atoms with Crippen LogP contribution in [0, 0.1) is 5.41 Å². The van der Waals surface area contributed by atoms with Crippen LogP contribution in [-0.2, 0) is 9.47 Å². The normalized spacial score (nSPS) is 26.6. The van der Waals surface area contributed by atoms with Crippen molar-refractivity contribution in [1.29, 1.82) is 0 Å². The van der Waals surface area contributed by atoms with Crippen molar-refractivity contribution in [2.45, 2.75) is 51.7 Å². The fourth-order valence-electron chi connectivity index (χ4n) is 2.57. The maximum absolute atomic E-state index is 5.35. The lowest BCUT2D eigenvalue weighted by molar-refractivity contribution is 0.0251. The molecule has 3 heteroatoms. The van der Waals surface area contributed by atoms with E-state index in [1.807, 2.05) is 0 Å². The SMILES string of the molecule is COCC(CNC1CCCC(C)(C)C1)OC. The second kappa shape index (κ2) is 6.58. The summed E-state index contributed by atoms with van der Waals surface area (Å²) in [5, 5.41) is 3.61. The average molecular weight is 229 g/mol. The van der Waals surface area contributed by atoms with E-state index in [2.05, 4.69) is 19.2 Å². The van der Waals surface area contributed by atoms with Gasteiger partial charge in [-0.3, -0.25) is 0 Å². The first-order valence-corrected chi connectivity index (χ1v) is 6.32. The maximum atomic E-state index is 5.35. The van der Waals surface area contributed by atoms with Gasteiger partial charge in [0.25, 0.3) is 0 Å². The van der Waals surface area contributed by atoms with Crippen molar-refractivity contribution < 1.29 is 9.47 Å². The number of hydrogen-bond donors (Lipinski definition) is 1. The third kappa shape index (κ3) is 4.81. The Hall–Kier alpha value is -0.120. The molecule has 0 aromatic rings. The van der Waals surface area contributed by atoms with E-state index in [4.69, 9.17) is 9.47 Å². The first-order valence-electron chi connectivity index (χ1n) is 6.32. The van der Waals surface area contributed by atoms with Crippen molar-refractivity contribution in [1.82, 2.24) is 5.32 Å². The molecule has 0 radical (unpaired) electrons. The monoisotopic (exact) mass is 229 g/mol. The van der Waals surface area contributed by atoms with Gasteiger partial charge < -0.3 is 14.8 Å². The molecule has 2 atom stereocenters. The zero-order valence-corrected chi connectivity index (χ0v) is 11.2. The lowest BCUT2D eigenvalue weighted by Gasteiger charge is -2.36. The summed E-state index contributed by atoms with van der Waals surface area (Å²) < 4.78 is 10.5. The summed E-state index contributed by atoms with van der Waals surface area (Å²) >= 11 is 0. The van der Waals surface area contributed by atoms with E-state index in [1.54, 1.807) is 14.2 Å². The molecule has 0 bridgehead atoms. The molecule has 16 heavy (non-hydrogen) atoms. The highest BCUT2D eigenvalue weighted by atomic mass is 16.5. The highest BCUT2D eigenvalue weighted by molar-refractivity contribution is 4.83. The van der Waals surface area contributed by atoms with Crippen LogP contribution in [-0.4, -0.2) is 39.5 Å². The molecule has 0 heterocycles. The standard InChI is InChI=1S/C13H27NO2/c1-13(2)7-5-6-11(8-13)14-9-12(16-4)10-15-3/h11-12,14H,5-10H2,1-4H3. The topological polar surface area (TPSA) is 30.5 Å². The highest BCUT2D eigenvalue weighted by Gasteiger charge is 2.27. The minimum absolute atomic E-state index is 0.176. The molecule has 1 N–H and O–H groups in total. The van der Waals surface area contributed by atoms with Crippen LogP contribution in [0.2, 0.25) is 0 Å². The van der Waals surface area contributed by atoms with E-state index in [9.17, 15) is 0 Å². The van der Waals surface area contributed by atoms with Gasteiger partial charge in [0.2, 0.25) is 0 Å². The van der Waals surface area contributed by atoms with Crippen molar-refractivity contribution in [2.24, 2.45) is 5.41 Å². The first kappa shape index (κ1) is 13.9. The van der Waals surface area contributed by atoms with Crippen LogP contribution in [0.5, 0.6) is 0 Å². The van der Waals surface area contributed by atoms with Gasteiger partial charge in [0.1, 0.15) is 0 Å². The van der Waals surface area contributed by atoms with Gasteiger partial charge in [-0.1, -0.05) is 20.3 Å². The van der Waals surface area contributed by atoms with E-state index in [0.717, 1.165) is 6.54 Å². The lowest BCUT2D eigenvalue weighted by atomic mass is 9.75. The fraction of sp³-hybridized carbons (Fsp3) is 1.00. The molecule has 2 unspecified atom stereocenters. The minimum atomic E-state index is 0.176. The highest BCUT2D eigenvalue weighted by Crippen LogP contribution is 2.34. The summed E-state index contributed by atoms with van der Waals surface area (Å²) in [6, 6.07) is 0.651. The Kier molecular flexibility index (Phi) is 5.73. The number of hydrogen-bond acceptors (Lipinski definition) is 3. The Balaban J connectivity index is 2.26. The molecule has 3 nitrogen and oxygen atoms in total. The van der Waals surface area contributed by atoms with Gasteiger partial charge in [-0.05, 0) is 24.7 Å². The van der Waals surface area contributed by atoms with Gasteiger partial charge >= 0.3 is 0 Å². The molecule has 1 fully saturated rings. The summed E-state index contributed by atoms with van der Waals surface area (Å²) in [4.78, 5) is 0. The summed E-state index contributed by atoms with van der Waals surface area (Å²) in [5.74, 6) is 0. The third-order valence-corrected chi connectivity index (χ3v) is 3.53. The smallest absolute Gasteiger partial charge is 0.0928 e. The summed E-state index contributed by atoms with van der Waals surface area (Å²) in [7, 11) is 3.46. The number of rotatable bonds is 6. The van der Waals surface area contributed by atoms with Gasteiger partial charge in [0.05, 0.1) is 12.7 Å². The van der Waals surface area contributed by atoms with E-state index in [-0.39, 0.29) is 6.10 Å². The Labute approximate surface area is 99.9 Å². The maximum Gasteiger partial charge on any atom is 0.0928 e. The third-order valence-electron chi connectivity index (χ3n) is 3.53. The molecule has 1 aliphatic rings. The van der Waals surface area contributed by atoms with Crippen LogP contribution in [0.4, 0.5) is 0 Å². The summed E-state index contributed by atoms with van der Waals surface area (Å²) in [5.41, 5.74) is 0.500. The zero-order chi connectivity index (χ0) is 12.0. The molecule has 0 aromatic heterocycles. The van der Waals surface area contributed by atoms with E-state index in [0.29, 0.717) is 18.1 Å². The lowest BCUT2D eigenvalue weighted by Crippen LogP contribution is -2.42. The molecule has 0 saturated heterocycles. The molecular weight excluding hydrogens is 202 g/mol. The molecule has 0 aromatic carbocycles. The van der Waals surface area contributed by atoms with Crippen molar-refractivity contribution >= 4 is 0 Å². The van der Waals surface area contributed by atoms with Gasteiger partial charge in [-0.15, -0.1) is 0 Å². The molecular formula is C13H27NO2. The van der Waals surface area contributed by atoms with Crippen LogP contribution in [0.15, 0.2) is 0 Å². The van der Waals surface area contributed by atoms with Crippen LogP contribution in [0.1, 0.15) is 39.5 Å². The molecule has 0 spiro atoms. The second-order valence-corrected chi connectivity index (χ2v) is 5.68.